The number of halogens is 1. The highest BCUT2D eigenvalue weighted by Crippen LogP contribution is 2.03. The fourth-order valence-corrected chi connectivity index (χ4v) is 2.22. The monoisotopic (exact) mass is 456 g/mol. The Labute approximate surface area is 165 Å². The molecular formula is C18H25IN4O2. The number of amides is 1. The lowest BCUT2D eigenvalue weighted by atomic mass is 10.1. The Bertz CT molecular complexity index is 671. The molecule has 1 heterocycles. The van der Waals surface area contributed by atoms with Crippen molar-refractivity contribution >= 4 is 35.8 Å². The average molecular weight is 456 g/mol. The third-order valence-corrected chi connectivity index (χ3v) is 3.45. The second-order valence-electron chi connectivity index (χ2n) is 5.38. The summed E-state index contributed by atoms with van der Waals surface area (Å²) in [7, 11) is 1.72. The average Bonchev–Trinajstić information content (AvgIpc) is 3.10. The smallest absolute Gasteiger partial charge is 0.251 e. The summed E-state index contributed by atoms with van der Waals surface area (Å²) in [5, 5.41) is 9.25. The number of nitrogens with one attached hydrogen (secondary N) is 3. The lowest BCUT2D eigenvalue weighted by Gasteiger charge is -2.12. The zero-order valence-electron chi connectivity index (χ0n) is 14.5. The molecule has 0 spiro atoms. The van der Waals surface area contributed by atoms with Crippen LogP contribution in [-0.2, 0) is 6.42 Å². The first-order valence-electron chi connectivity index (χ1n) is 8.01. The van der Waals surface area contributed by atoms with E-state index in [1.807, 2.05) is 43.3 Å². The van der Waals surface area contributed by atoms with E-state index in [4.69, 9.17) is 4.42 Å². The number of furan rings is 1. The molecule has 0 bridgehead atoms. The summed E-state index contributed by atoms with van der Waals surface area (Å²) < 4.78 is 5.28. The summed E-state index contributed by atoms with van der Waals surface area (Å²) >= 11 is 0. The van der Waals surface area contributed by atoms with E-state index in [0.29, 0.717) is 24.6 Å². The molecule has 0 saturated carbocycles. The molecule has 136 valence electrons. The number of rotatable bonds is 7. The molecule has 0 aliphatic carbocycles. The predicted molar refractivity (Wildman–Crippen MR) is 111 cm³/mol. The van der Waals surface area contributed by atoms with E-state index in [-0.39, 0.29) is 29.9 Å². The Morgan fingerprint density at radius 2 is 1.84 bits per heavy atom. The van der Waals surface area contributed by atoms with Crippen LogP contribution in [-0.4, -0.2) is 38.5 Å². The summed E-state index contributed by atoms with van der Waals surface area (Å²) in [6, 6.07) is 11.4. The van der Waals surface area contributed by atoms with Gasteiger partial charge in [0, 0.05) is 38.7 Å². The van der Waals surface area contributed by atoms with Crippen LogP contribution in [0.25, 0.3) is 0 Å². The third kappa shape index (κ3) is 7.59. The van der Waals surface area contributed by atoms with Gasteiger partial charge in [0.05, 0.1) is 6.26 Å². The number of aryl methyl sites for hydroxylation is 1. The molecule has 0 unspecified atom stereocenters. The van der Waals surface area contributed by atoms with E-state index in [9.17, 15) is 4.79 Å². The number of benzene rings is 1. The maximum atomic E-state index is 12.0. The van der Waals surface area contributed by atoms with Gasteiger partial charge in [-0.1, -0.05) is 17.7 Å². The minimum atomic E-state index is -0.0683. The van der Waals surface area contributed by atoms with Crippen molar-refractivity contribution in [1.29, 1.82) is 0 Å². The number of hydrogen-bond donors (Lipinski definition) is 3. The number of guanidine groups is 1. The Morgan fingerprint density at radius 1 is 1.08 bits per heavy atom. The van der Waals surface area contributed by atoms with Gasteiger partial charge in [-0.05, 0) is 31.2 Å². The molecule has 0 aliphatic heterocycles. The normalized spacial score (nSPS) is 10.7. The Balaban J connectivity index is 0.00000312. The van der Waals surface area contributed by atoms with Gasteiger partial charge >= 0.3 is 0 Å². The van der Waals surface area contributed by atoms with E-state index >= 15 is 0 Å². The molecule has 7 heteroatoms. The van der Waals surface area contributed by atoms with Crippen LogP contribution in [0.4, 0.5) is 0 Å². The fraction of sp³-hybridized carbons (Fsp3) is 0.333. The standard InChI is InChI=1S/C18H24N4O2.HI/c1-14-5-3-6-15(13-14)17(23)20-10-11-22-18(19-2)21-9-8-16-7-4-12-24-16;/h3-7,12-13H,8-11H2,1-2H3,(H,20,23)(H2,19,21,22);1H. The van der Waals surface area contributed by atoms with Crippen molar-refractivity contribution in [2.45, 2.75) is 13.3 Å². The predicted octanol–water partition coefficient (Wildman–Crippen LogP) is 2.34. The van der Waals surface area contributed by atoms with Crippen LogP contribution in [0.1, 0.15) is 21.7 Å². The van der Waals surface area contributed by atoms with Crippen molar-refractivity contribution in [2.75, 3.05) is 26.7 Å². The van der Waals surface area contributed by atoms with Gasteiger partial charge in [-0.2, -0.15) is 0 Å². The van der Waals surface area contributed by atoms with Crippen LogP contribution in [0.15, 0.2) is 52.1 Å². The highest BCUT2D eigenvalue weighted by molar-refractivity contribution is 14.0. The summed E-state index contributed by atoms with van der Waals surface area (Å²) in [6.07, 6.45) is 2.46. The molecule has 6 nitrogen and oxygen atoms in total. The fourth-order valence-electron chi connectivity index (χ4n) is 2.22. The molecule has 1 aromatic carbocycles. The second-order valence-corrected chi connectivity index (χ2v) is 5.38. The van der Waals surface area contributed by atoms with Gasteiger partial charge in [-0.3, -0.25) is 9.79 Å². The molecule has 0 fully saturated rings. The number of hydrogen-bond acceptors (Lipinski definition) is 3. The zero-order valence-corrected chi connectivity index (χ0v) is 16.9. The van der Waals surface area contributed by atoms with Crippen LogP contribution in [0.5, 0.6) is 0 Å². The van der Waals surface area contributed by atoms with Gasteiger partial charge in [0.1, 0.15) is 5.76 Å². The topological polar surface area (TPSA) is 78.7 Å². The van der Waals surface area contributed by atoms with E-state index in [1.54, 1.807) is 13.3 Å². The van der Waals surface area contributed by atoms with Crippen molar-refractivity contribution in [3.05, 3.63) is 59.5 Å². The van der Waals surface area contributed by atoms with Crippen molar-refractivity contribution in [1.82, 2.24) is 16.0 Å². The molecule has 1 amide bonds. The molecule has 2 rings (SSSR count). The number of carbonyl (C=O) groups is 1. The lowest BCUT2D eigenvalue weighted by Crippen LogP contribution is -2.42. The third-order valence-electron chi connectivity index (χ3n) is 3.45. The summed E-state index contributed by atoms with van der Waals surface area (Å²) in [5.41, 5.74) is 1.75. The van der Waals surface area contributed by atoms with Gasteiger partial charge in [-0.25, -0.2) is 0 Å². The van der Waals surface area contributed by atoms with Gasteiger partial charge in [0.25, 0.3) is 5.91 Å². The minimum absolute atomic E-state index is 0. The highest BCUT2D eigenvalue weighted by Gasteiger charge is 2.04. The summed E-state index contributed by atoms with van der Waals surface area (Å²) in [5.74, 6) is 1.57. The van der Waals surface area contributed by atoms with Gasteiger partial charge in [0.2, 0.25) is 0 Å². The molecule has 0 aliphatic rings. The molecule has 1 aromatic heterocycles. The first-order chi connectivity index (χ1) is 11.7. The Kier molecular flexibility index (Phi) is 9.68. The van der Waals surface area contributed by atoms with Crippen molar-refractivity contribution < 1.29 is 9.21 Å². The molecule has 3 N–H and O–H groups in total. The SMILES string of the molecule is CN=C(NCCNC(=O)c1cccc(C)c1)NCCc1ccco1.I. The molecular weight excluding hydrogens is 431 g/mol. The molecule has 0 radical (unpaired) electrons. The van der Waals surface area contributed by atoms with Gasteiger partial charge in [0.15, 0.2) is 5.96 Å². The Morgan fingerprint density at radius 3 is 2.52 bits per heavy atom. The van der Waals surface area contributed by atoms with Crippen LogP contribution >= 0.6 is 24.0 Å². The number of aliphatic imine (C=N–C) groups is 1. The van der Waals surface area contributed by atoms with Crippen molar-refractivity contribution in [3.8, 4) is 0 Å². The van der Waals surface area contributed by atoms with E-state index in [2.05, 4.69) is 20.9 Å². The van der Waals surface area contributed by atoms with E-state index in [0.717, 1.165) is 24.3 Å². The summed E-state index contributed by atoms with van der Waals surface area (Å²) in [6.45, 7) is 3.81. The number of nitrogens with zero attached hydrogens (tertiary/aromatic N) is 1. The molecule has 0 saturated heterocycles. The van der Waals surface area contributed by atoms with Gasteiger partial charge < -0.3 is 20.4 Å². The zero-order chi connectivity index (χ0) is 17.2. The first kappa shape index (κ1) is 21.0. The van der Waals surface area contributed by atoms with Crippen LogP contribution < -0.4 is 16.0 Å². The highest BCUT2D eigenvalue weighted by atomic mass is 127. The maximum absolute atomic E-state index is 12.0. The largest absolute Gasteiger partial charge is 0.469 e. The molecule has 2 aromatic rings. The van der Waals surface area contributed by atoms with Crippen LogP contribution in [0.3, 0.4) is 0 Å². The van der Waals surface area contributed by atoms with Crippen LogP contribution in [0, 0.1) is 6.92 Å². The van der Waals surface area contributed by atoms with Crippen molar-refractivity contribution in [2.24, 2.45) is 4.99 Å². The summed E-state index contributed by atoms with van der Waals surface area (Å²) in [4.78, 5) is 16.2. The molecule has 25 heavy (non-hydrogen) atoms. The molecule has 0 atom stereocenters. The van der Waals surface area contributed by atoms with E-state index in [1.165, 1.54) is 0 Å². The Hall–Kier alpha value is -2.03. The van der Waals surface area contributed by atoms with E-state index < -0.39 is 0 Å². The quantitative estimate of drug-likeness (QED) is 0.259. The lowest BCUT2D eigenvalue weighted by molar-refractivity contribution is 0.0954. The maximum Gasteiger partial charge on any atom is 0.251 e. The number of carbonyl (C=O) groups excluding carboxylic acids is 1. The minimum Gasteiger partial charge on any atom is -0.469 e. The van der Waals surface area contributed by atoms with Crippen LogP contribution in [0.2, 0.25) is 0 Å². The first-order valence-corrected chi connectivity index (χ1v) is 8.01. The second kappa shape index (κ2) is 11.5. The van der Waals surface area contributed by atoms with Gasteiger partial charge in [-0.15, -0.1) is 24.0 Å². The van der Waals surface area contributed by atoms with Crippen molar-refractivity contribution in [3.63, 3.8) is 0 Å².